The number of benzene rings is 1. The fourth-order valence-electron chi connectivity index (χ4n) is 1.86. The van der Waals surface area contributed by atoms with Crippen molar-refractivity contribution in [3.63, 3.8) is 0 Å². The Morgan fingerprint density at radius 2 is 2.10 bits per heavy atom. The van der Waals surface area contributed by atoms with Gasteiger partial charge in [0.2, 0.25) is 0 Å². The molecule has 0 aromatic heterocycles. The highest BCUT2D eigenvalue weighted by Crippen LogP contribution is 2.21. The molecule has 1 amide bonds. The second kappa shape index (κ2) is 6.79. The highest BCUT2D eigenvalue weighted by atomic mass is 16.4. The van der Waals surface area contributed by atoms with Crippen molar-refractivity contribution >= 4 is 11.7 Å². The molecule has 6 nitrogen and oxygen atoms in total. The van der Waals surface area contributed by atoms with Gasteiger partial charge < -0.3 is 20.9 Å². The molecule has 0 atom stereocenters. The summed E-state index contributed by atoms with van der Waals surface area (Å²) in [5.74, 6) is -0.251. The Kier molecular flexibility index (Phi) is 5.37. The molecule has 0 spiro atoms. The Balaban J connectivity index is 2.97. The zero-order valence-corrected chi connectivity index (χ0v) is 12.0. The van der Waals surface area contributed by atoms with E-state index in [2.05, 4.69) is 5.16 Å². The molecule has 6 heteroatoms. The van der Waals surface area contributed by atoms with Crippen LogP contribution in [-0.4, -0.2) is 39.5 Å². The molecular weight excluding hydrogens is 258 g/mol. The fraction of sp³-hybridized carbons (Fsp3) is 0.429. The van der Waals surface area contributed by atoms with Gasteiger partial charge in [-0.25, -0.2) is 0 Å². The zero-order chi connectivity index (χ0) is 15.3. The average molecular weight is 279 g/mol. The summed E-state index contributed by atoms with van der Waals surface area (Å²) in [4.78, 5) is 14.1. The molecule has 0 heterocycles. The Labute approximate surface area is 118 Å². The number of phenols is 1. The number of hydrogen-bond acceptors (Lipinski definition) is 4. The summed E-state index contributed by atoms with van der Waals surface area (Å²) >= 11 is 0. The van der Waals surface area contributed by atoms with Gasteiger partial charge in [0.15, 0.2) is 0 Å². The van der Waals surface area contributed by atoms with Crippen molar-refractivity contribution in [3.8, 4) is 5.75 Å². The van der Waals surface area contributed by atoms with E-state index in [1.165, 1.54) is 6.07 Å². The van der Waals surface area contributed by atoms with E-state index < -0.39 is 0 Å². The first-order valence-electron chi connectivity index (χ1n) is 6.43. The van der Waals surface area contributed by atoms with Crippen molar-refractivity contribution in [3.05, 3.63) is 29.3 Å². The number of phenolic OH excluding ortho intramolecular Hbond substituents is 1. The summed E-state index contributed by atoms with van der Waals surface area (Å²) in [7, 11) is 0. The van der Waals surface area contributed by atoms with Gasteiger partial charge in [0.1, 0.15) is 11.6 Å². The summed E-state index contributed by atoms with van der Waals surface area (Å²) in [6.45, 7) is 5.92. The van der Waals surface area contributed by atoms with E-state index in [9.17, 15) is 9.90 Å². The fourth-order valence-corrected chi connectivity index (χ4v) is 1.86. The lowest BCUT2D eigenvalue weighted by Gasteiger charge is -2.27. The summed E-state index contributed by atoms with van der Waals surface area (Å²) < 4.78 is 0. The maximum absolute atomic E-state index is 12.5. The van der Waals surface area contributed by atoms with Gasteiger partial charge in [-0.15, -0.1) is 0 Å². The molecule has 0 unspecified atom stereocenters. The Morgan fingerprint density at radius 3 is 2.65 bits per heavy atom. The molecule has 0 radical (unpaired) electrons. The molecular formula is C14H21N3O3. The van der Waals surface area contributed by atoms with Gasteiger partial charge >= 0.3 is 0 Å². The van der Waals surface area contributed by atoms with Crippen molar-refractivity contribution < 1.29 is 15.1 Å². The molecule has 0 saturated heterocycles. The molecule has 1 aromatic rings. The summed E-state index contributed by atoms with van der Waals surface area (Å²) in [5.41, 5.74) is 6.58. The van der Waals surface area contributed by atoms with Crippen LogP contribution >= 0.6 is 0 Å². The van der Waals surface area contributed by atoms with Crippen molar-refractivity contribution in [1.82, 2.24) is 4.90 Å². The van der Waals surface area contributed by atoms with E-state index >= 15 is 0 Å². The topological polar surface area (TPSA) is 99.2 Å². The van der Waals surface area contributed by atoms with Crippen molar-refractivity contribution in [2.75, 3.05) is 6.54 Å². The van der Waals surface area contributed by atoms with E-state index in [4.69, 9.17) is 10.9 Å². The molecule has 0 aliphatic rings. The van der Waals surface area contributed by atoms with Gasteiger partial charge in [0.25, 0.3) is 5.91 Å². The number of nitrogens with zero attached hydrogens (tertiary/aromatic N) is 2. The van der Waals surface area contributed by atoms with Gasteiger partial charge in [0, 0.05) is 19.0 Å². The van der Waals surface area contributed by atoms with Crippen molar-refractivity contribution in [1.29, 1.82) is 0 Å². The van der Waals surface area contributed by atoms with Gasteiger partial charge in [-0.1, -0.05) is 16.8 Å². The molecule has 110 valence electrons. The minimum Gasteiger partial charge on any atom is -0.507 e. The van der Waals surface area contributed by atoms with Crippen LogP contribution in [0, 0.1) is 6.92 Å². The van der Waals surface area contributed by atoms with Crippen LogP contribution in [0.15, 0.2) is 23.4 Å². The van der Waals surface area contributed by atoms with Crippen LogP contribution in [0.3, 0.4) is 0 Å². The van der Waals surface area contributed by atoms with E-state index in [-0.39, 0.29) is 35.5 Å². The van der Waals surface area contributed by atoms with Crippen molar-refractivity contribution in [2.45, 2.75) is 33.2 Å². The third-order valence-corrected chi connectivity index (χ3v) is 3.00. The molecule has 20 heavy (non-hydrogen) atoms. The van der Waals surface area contributed by atoms with Gasteiger partial charge in [-0.3, -0.25) is 4.79 Å². The number of nitrogens with two attached hydrogens (primary N) is 1. The minimum absolute atomic E-state index is 0.0463. The number of oxime groups is 1. The summed E-state index contributed by atoms with van der Waals surface area (Å²) in [5, 5.41) is 21.3. The van der Waals surface area contributed by atoms with E-state index in [1.807, 2.05) is 20.8 Å². The molecule has 1 rings (SSSR count). The number of amides is 1. The van der Waals surface area contributed by atoms with E-state index in [0.29, 0.717) is 6.54 Å². The lowest BCUT2D eigenvalue weighted by molar-refractivity contribution is 0.0708. The second-order valence-corrected chi connectivity index (χ2v) is 4.95. The molecule has 0 bridgehead atoms. The smallest absolute Gasteiger partial charge is 0.257 e. The number of carbonyl (C=O) groups excluding carboxylic acids is 1. The highest BCUT2D eigenvalue weighted by Gasteiger charge is 2.21. The highest BCUT2D eigenvalue weighted by molar-refractivity contribution is 5.97. The molecule has 1 aromatic carbocycles. The third kappa shape index (κ3) is 3.88. The maximum Gasteiger partial charge on any atom is 0.257 e. The number of carbonyl (C=O) groups is 1. The Morgan fingerprint density at radius 1 is 1.45 bits per heavy atom. The first-order chi connectivity index (χ1) is 9.36. The third-order valence-electron chi connectivity index (χ3n) is 3.00. The summed E-state index contributed by atoms with van der Waals surface area (Å²) in [6.07, 6.45) is 0.271. The van der Waals surface area contributed by atoms with E-state index in [0.717, 1.165) is 5.56 Å². The van der Waals surface area contributed by atoms with Crippen LogP contribution in [0.1, 0.15) is 36.2 Å². The van der Waals surface area contributed by atoms with Gasteiger partial charge in [-0.05, 0) is 32.9 Å². The SMILES string of the molecule is Cc1ccc(O)c(C(=O)N(CCC(N)=NO)C(C)C)c1. The van der Waals surface area contributed by atoms with Crippen molar-refractivity contribution in [2.24, 2.45) is 10.9 Å². The van der Waals surface area contributed by atoms with Crippen LogP contribution in [0.4, 0.5) is 0 Å². The Bertz CT molecular complexity index is 512. The largest absolute Gasteiger partial charge is 0.507 e. The lowest BCUT2D eigenvalue weighted by Crippen LogP contribution is -2.39. The van der Waals surface area contributed by atoms with Crippen LogP contribution in [-0.2, 0) is 0 Å². The normalized spacial score (nSPS) is 11.7. The first kappa shape index (κ1) is 15.8. The predicted octanol–water partition coefficient (Wildman–Crippen LogP) is 1.69. The molecule has 0 aliphatic heterocycles. The second-order valence-electron chi connectivity index (χ2n) is 4.95. The van der Waals surface area contributed by atoms with Gasteiger partial charge in [-0.2, -0.15) is 0 Å². The quantitative estimate of drug-likeness (QED) is 0.330. The number of aryl methyl sites for hydroxylation is 1. The number of aromatic hydroxyl groups is 1. The summed E-state index contributed by atoms with van der Waals surface area (Å²) in [6, 6.07) is 4.83. The number of amidine groups is 1. The number of hydrogen-bond donors (Lipinski definition) is 3. The van der Waals surface area contributed by atoms with Crippen LogP contribution in [0.25, 0.3) is 0 Å². The Hall–Kier alpha value is -2.24. The first-order valence-corrected chi connectivity index (χ1v) is 6.43. The molecule has 4 N–H and O–H groups in total. The zero-order valence-electron chi connectivity index (χ0n) is 12.0. The van der Waals surface area contributed by atoms with Crippen LogP contribution in [0.2, 0.25) is 0 Å². The predicted molar refractivity (Wildman–Crippen MR) is 77.0 cm³/mol. The van der Waals surface area contributed by atoms with E-state index in [1.54, 1.807) is 17.0 Å². The van der Waals surface area contributed by atoms with Crippen LogP contribution in [0.5, 0.6) is 5.75 Å². The molecule has 0 saturated carbocycles. The molecule has 0 aliphatic carbocycles. The standard InChI is InChI=1S/C14H21N3O3/c1-9(2)17(7-6-13(15)16-20)14(19)11-8-10(3)4-5-12(11)18/h4-5,8-9,18,20H,6-7H2,1-3H3,(H2,15,16). The maximum atomic E-state index is 12.5. The average Bonchev–Trinajstić information content (AvgIpc) is 2.40. The lowest BCUT2D eigenvalue weighted by atomic mass is 10.1. The number of rotatable bonds is 5. The monoisotopic (exact) mass is 279 g/mol. The van der Waals surface area contributed by atoms with Crippen LogP contribution < -0.4 is 5.73 Å². The minimum atomic E-state index is -0.271. The van der Waals surface area contributed by atoms with Gasteiger partial charge in [0.05, 0.1) is 5.56 Å². The molecule has 0 fully saturated rings.